The van der Waals surface area contributed by atoms with Crippen LogP contribution >= 0.6 is 18.7 Å². The number of ether oxygens (including phenoxy) is 1. The van der Waals surface area contributed by atoms with Crippen molar-refractivity contribution in [2.75, 3.05) is 44.2 Å². The van der Waals surface area contributed by atoms with Crippen molar-refractivity contribution in [2.45, 2.75) is 51.2 Å². The molecule has 1 aliphatic carbocycles. The van der Waals surface area contributed by atoms with E-state index in [2.05, 4.69) is 43.7 Å². The van der Waals surface area contributed by atoms with Gasteiger partial charge in [0.15, 0.2) is 5.82 Å². The van der Waals surface area contributed by atoms with Gasteiger partial charge in [-0.2, -0.15) is 4.98 Å². The molecule has 0 bridgehead atoms. The molecule has 1 aliphatic heterocycles. The predicted molar refractivity (Wildman–Crippen MR) is 158 cm³/mol. The van der Waals surface area contributed by atoms with Crippen LogP contribution in [-0.2, 0) is 22.1 Å². The van der Waals surface area contributed by atoms with Crippen molar-refractivity contribution in [3.8, 4) is 0 Å². The molecule has 202 valence electrons. The highest BCUT2D eigenvalue weighted by molar-refractivity contribution is 7.70. The second-order valence-corrected chi connectivity index (χ2v) is 14.5. The van der Waals surface area contributed by atoms with E-state index in [9.17, 15) is 4.57 Å². The van der Waals surface area contributed by atoms with Crippen molar-refractivity contribution in [1.82, 2.24) is 14.9 Å². The maximum absolute atomic E-state index is 12.9. The fourth-order valence-corrected chi connectivity index (χ4v) is 6.94. The number of likely N-dealkylation sites (tertiary alicyclic amines) is 1. The number of fused-ring (bicyclic) bond motifs is 1. The van der Waals surface area contributed by atoms with Crippen LogP contribution in [0.5, 0.6) is 0 Å². The number of benzene rings is 2. The summed E-state index contributed by atoms with van der Waals surface area (Å²) in [5, 5.41) is 7.82. The molecule has 3 aromatic rings. The van der Waals surface area contributed by atoms with Crippen LogP contribution in [0.2, 0.25) is 5.02 Å². The molecule has 1 aromatic heterocycles. The monoisotopic (exact) mass is 553 g/mol. The van der Waals surface area contributed by atoms with Crippen molar-refractivity contribution in [3.63, 3.8) is 0 Å². The summed E-state index contributed by atoms with van der Waals surface area (Å²) in [6.07, 6.45) is 7.60. The van der Waals surface area contributed by atoms with Crippen LogP contribution in [-0.4, -0.2) is 60.5 Å². The fraction of sp³-hybridized carbons (Fsp3) is 0.448. The number of aromatic nitrogens is 2. The molecule has 38 heavy (non-hydrogen) atoms. The number of rotatable bonds is 7. The predicted octanol–water partition coefficient (Wildman–Crippen LogP) is 6.14. The maximum atomic E-state index is 12.9. The van der Waals surface area contributed by atoms with E-state index in [1.807, 2.05) is 32.2 Å². The summed E-state index contributed by atoms with van der Waals surface area (Å²) in [6, 6.07) is 13.0. The summed E-state index contributed by atoms with van der Waals surface area (Å²) in [7, 11) is -0.684. The van der Waals surface area contributed by atoms with E-state index >= 15 is 0 Å². The number of hydrogen-bond donors (Lipinski definition) is 2. The topological polar surface area (TPSA) is 79.4 Å². The number of nitrogens with one attached hydrogen (secondary N) is 2. The van der Waals surface area contributed by atoms with E-state index in [4.69, 9.17) is 16.3 Å². The van der Waals surface area contributed by atoms with Crippen LogP contribution in [0.15, 0.2) is 42.6 Å². The van der Waals surface area contributed by atoms with E-state index in [1.165, 1.54) is 17.5 Å². The average Bonchev–Trinajstić information content (AvgIpc) is 3.27. The quantitative estimate of drug-likeness (QED) is 0.269. The van der Waals surface area contributed by atoms with E-state index in [-0.39, 0.29) is 0 Å². The Hall–Kier alpha value is -2.44. The molecule has 5 rings (SSSR count). The third kappa shape index (κ3) is 6.23. The minimum absolute atomic E-state index is 0.376. The molecule has 7 nitrogen and oxygen atoms in total. The Kier molecular flexibility index (Phi) is 8.11. The van der Waals surface area contributed by atoms with Crippen LogP contribution in [0.3, 0.4) is 0 Å². The van der Waals surface area contributed by atoms with Crippen LogP contribution in [0.4, 0.5) is 23.1 Å². The van der Waals surface area contributed by atoms with Gasteiger partial charge in [0.05, 0.1) is 18.0 Å². The Morgan fingerprint density at radius 1 is 1.05 bits per heavy atom. The molecule has 0 unspecified atom stereocenters. The summed E-state index contributed by atoms with van der Waals surface area (Å²) in [5.41, 5.74) is 5.57. The molecule has 2 aromatic carbocycles. The fourth-order valence-electron chi connectivity index (χ4n) is 5.58. The Labute approximate surface area is 230 Å². The zero-order valence-electron chi connectivity index (χ0n) is 22.6. The summed E-state index contributed by atoms with van der Waals surface area (Å²) in [6.45, 7) is 7.71. The summed E-state index contributed by atoms with van der Waals surface area (Å²) < 4.78 is 18.5. The first-order chi connectivity index (χ1) is 18.2. The van der Waals surface area contributed by atoms with Crippen molar-refractivity contribution in [1.29, 1.82) is 0 Å². The lowest BCUT2D eigenvalue weighted by molar-refractivity contribution is 0.0989. The third-order valence-corrected chi connectivity index (χ3v) is 9.52. The summed E-state index contributed by atoms with van der Waals surface area (Å²) in [5.74, 6) is 0.927. The van der Waals surface area contributed by atoms with Crippen molar-refractivity contribution < 1.29 is 9.30 Å². The Bertz CT molecular complexity index is 1360. The SMILES string of the molecule is CO[C@H]1CCN([C@H]2CCc3ccc(Nc4ncc(Cl)c(Nc5ccc(C)cc5P(C)(C)=O)n4)cc3CC2)C1. The lowest BCUT2D eigenvalue weighted by atomic mass is 10.0. The minimum Gasteiger partial charge on any atom is -0.380 e. The number of halogens is 1. The molecular weight excluding hydrogens is 517 g/mol. The van der Waals surface area contributed by atoms with Gasteiger partial charge in [-0.3, -0.25) is 4.90 Å². The van der Waals surface area contributed by atoms with Gasteiger partial charge >= 0.3 is 0 Å². The number of nitrogens with zero attached hydrogens (tertiary/aromatic N) is 3. The first-order valence-electron chi connectivity index (χ1n) is 13.3. The number of methoxy groups -OCH3 is 1. The molecule has 9 heteroatoms. The minimum atomic E-state index is -2.51. The second-order valence-electron chi connectivity index (χ2n) is 10.9. The van der Waals surface area contributed by atoms with Crippen molar-refractivity contribution in [3.05, 3.63) is 64.3 Å². The van der Waals surface area contributed by atoms with Crippen LogP contribution in [0, 0.1) is 6.92 Å². The number of aryl methyl sites for hydroxylation is 3. The van der Waals surface area contributed by atoms with E-state index < -0.39 is 7.14 Å². The van der Waals surface area contributed by atoms with Crippen LogP contribution in [0.1, 0.15) is 36.0 Å². The van der Waals surface area contributed by atoms with Gasteiger partial charge in [0.25, 0.3) is 0 Å². The highest BCUT2D eigenvalue weighted by atomic mass is 35.5. The number of hydrogen-bond acceptors (Lipinski definition) is 7. The van der Waals surface area contributed by atoms with Gasteiger partial charge in [-0.05, 0) is 87.7 Å². The standard InChI is InChI=1S/C29H37ClN5O2P/c1-19-5-12-26(27(15-19)38(3,4)36)33-28-25(30)17-31-29(34-28)32-22-9-6-20-7-10-23(11-8-21(20)16-22)35-14-13-24(18-35)37-2/h5-6,9,12,15-17,23-24H,7-8,10-11,13-14,18H2,1-4H3,(H2,31,32,33,34)/t23-,24-/m0/s1. The van der Waals surface area contributed by atoms with E-state index in [0.29, 0.717) is 28.9 Å². The Balaban J connectivity index is 1.30. The van der Waals surface area contributed by atoms with Gasteiger partial charge in [0.1, 0.15) is 12.2 Å². The van der Waals surface area contributed by atoms with Gasteiger partial charge in [-0.25, -0.2) is 4.98 Å². The van der Waals surface area contributed by atoms with Gasteiger partial charge in [-0.15, -0.1) is 0 Å². The zero-order chi connectivity index (χ0) is 26.9. The number of anilines is 4. The molecule has 2 aliphatic rings. The molecular formula is C29H37ClN5O2P. The Morgan fingerprint density at radius 2 is 1.84 bits per heavy atom. The van der Waals surface area contributed by atoms with Crippen LogP contribution in [0.25, 0.3) is 0 Å². The molecule has 2 heterocycles. The first kappa shape index (κ1) is 27.1. The van der Waals surface area contributed by atoms with Gasteiger partial charge in [-0.1, -0.05) is 29.3 Å². The lowest BCUT2D eigenvalue weighted by Gasteiger charge is -2.26. The zero-order valence-corrected chi connectivity index (χ0v) is 24.3. The van der Waals surface area contributed by atoms with E-state index in [0.717, 1.165) is 61.0 Å². The maximum Gasteiger partial charge on any atom is 0.229 e. The van der Waals surface area contributed by atoms with E-state index in [1.54, 1.807) is 19.5 Å². The van der Waals surface area contributed by atoms with Gasteiger partial charge < -0.3 is 19.9 Å². The van der Waals surface area contributed by atoms with Crippen molar-refractivity contribution >= 4 is 47.2 Å². The molecule has 1 fully saturated rings. The largest absolute Gasteiger partial charge is 0.380 e. The second kappa shape index (κ2) is 11.4. The highest BCUT2D eigenvalue weighted by Crippen LogP contribution is 2.39. The summed E-state index contributed by atoms with van der Waals surface area (Å²) >= 11 is 6.45. The Morgan fingerprint density at radius 3 is 2.58 bits per heavy atom. The normalized spacial score (nSPS) is 20.1. The first-order valence-corrected chi connectivity index (χ1v) is 16.3. The van der Waals surface area contributed by atoms with Crippen molar-refractivity contribution in [2.24, 2.45) is 0 Å². The highest BCUT2D eigenvalue weighted by Gasteiger charge is 2.29. The lowest BCUT2D eigenvalue weighted by Crippen LogP contribution is -2.34. The van der Waals surface area contributed by atoms with Gasteiger partial charge in [0, 0.05) is 37.2 Å². The molecule has 0 radical (unpaired) electrons. The van der Waals surface area contributed by atoms with Crippen LogP contribution < -0.4 is 15.9 Å². The molecule has 1 saturated heterocycles. The summed E-state index contributed by atoms with van der Waals surface area (Å²) in [4.78, 5) is 11.7. The smallest absolute Gasteiger partial charge is 0.229 e. The molecule has 0 saturated carbocycles. The molecule has 2 atom stereocenters. The average molecular weight is 554 g/mol. The van der Waals surface area contributed by atoms with Gasteiger partial charge in [0.2, 0.25) is 5.95 Å². The molecule has 0 amide bonds. The molecule has 0 spiro atoms. The molecule has 2 N–H and O–H groups in total. The third-order valence-electron chi connectivity index (χ3n) is 7.71.